The highest BCUT2D eigenvalue weighted by Crippen LogP contribution is 2.44. The van der Waals surface area contributed by atoms with Gasteiger partial charge in [-0.15, -0.1) is 0 Å². The van der Waals surface area contributed by atoms with E-state index in [9.17, 15) is 53.1 Å². The molecule has 4 aliphatic rings. The lowest BCUT2D eigenvalue weighted by atomic mass is 9.85. The summed E-state index contributed by atoms with van der Waals surface area (Å²) in [7, 11) is 0. The summed E-state index contributed by atoms with van der Waals surface area (Å²) in [5.74, 6) is -9.28. The van der Waals surface area contributed by atoms with E-state index in [0.717, 1.165) is 69.3 Å². The van der Waals surface area contributed by atoms with Crippen LogP contribution in [0.4, 0.5) is 39.8 Å². The van der Waals surface area contributed by atoms with E-state index in [-0.39, 0.29) is 108 Å². The lowest BCUT2D eigenvalue weighted by molar-refractivity contribution is -0.151. The molecule has 1 unspecified atom stereocenters. The summed E-state index contributed by atoms with van der Waals surface area (Å²) in [5.41, 5.74) is 7.48. The van der Waals surface area contributed by atoms with Crippen LogP contribution in [0.3, 0.4) is 0 Å². The normalized spacial score (nSPS) is 14.2. The van der Waals surface area contributed by atoms with Crippen molar-refractivity contribution < 1.29 is 62.5 Å². The third kappa shape index (κ3) is 10.3. The number of esters is 2. The maximum atomic E-state index is 14.7. The summed E-state index contributed by atoms with van der Waals surface area (Å²) in [6, 6.07) is 69.8. The molecule has 4 aliphatic heterocycles. The molecule has 0 spiro atoms. The SMILES string of the molecule is Cc1ccc(N(c2ccc(C)cc2)c2ccc(CC(C(=O)Oc3ccc(N4C(=O)c5ccc6c7c(ccc(c57)C4=O)C(=O)N(c4ccc(CO)cc4)C6=O)cc3)C(=O)Oc3ccc(N4C(=O)c5ccc6c7c(ccc(c57)C4=O)C(=O)N(c4ccc5cc7ccccc7cc5c4)C6=O)cc3)cc2)cc1. The van der Waals surface area contributed by atoms with E-state index in [0.29, 0.717) is 16.8 Å². The van der Waals surface area contributed by atoms with Gasteiger partial charge in [-0.3, -0.25) is 47.9 Å². The van der Waals surface area contributed by atoms with E-state index in [2.05, 4.69) is 4.90 Å². The summed E-state index contributed by atoms with van der Waals surface area (Å²) in [6.45, 7) is 3.78. The zero-order chi connectivity index (χ0) is 70.8. The molecule has 0 saturated heterocycles. The lowest BCUT2D eigenvalue weighted by Crippen LogP contribution is -2.43. The summed E-state index contributed by atoms with van der Waals surface area (Å²) < 4.78 is 11.9. The van der Waals surface area contributed by atoms with Crippen molar-refractivity contribution in [3.05, 3.63) is 315 Å². The van der Waals surface area contributed by atoms with E-state index in [4.69, 9.17) is 9.47 Å². The van der Waals surface area contributed by atoms with Gasteiger partial charge >= 0.3 is 11.9 Å². The number of imide groups is 4. The summed E-state index contributed by atoms with van der Waals surface area (Å²) in [5, 5.41) is 14.1. The van der Waals surface area contributed by atoms with Gasteiger partial charge in [0.1, 0.15) is 11.5 Å². The Morgan fingerprint density at radius 3 is 0.971 bits per heavy atom. The number of aliphatic hydroxyl groups is 1. The Hall–Kier alpha value is -13.8. The summed E-state index contributed by atoms with van der Waals surface area (Å²) >= 11 is 0. The first-order valence-electron chi connectivity index (χ1n) is 33.0. The molecule has 0 bridgehead atoms. The van der Waals surface area contributed by atoms with Crippen molar-refractivity contribution in [1.82, 2.24) is 0 Å². The Morgan fingerprint density at radius 1 is 0.330 bits per heavy atom. The molecule has 0 aromatic heterocycles. The molecule has 0 radical (unpaired) electrons. The van der Waals surface area contributed by atoms with Gasteiger partial charge in [-0.25, -0.2) is 19.6 Å². The molecule has 496 valence electrons. The Morgan fingerprint density at radius 2 is 0.621 bits per heavy atom. The molecular weight excluding hydrogens is 1300 g/mol. The fraction of sp³-hybridized carbons (Fsp3) is 0.0588. The quantitative estimate of drug-likeness (QED) is 0.0351. The van der Waals surface area contributed by atoms with E-state index >= 15 is 0 Å². The molecule has 13 aromatic rings. The van der Waals surface area contributed by atoms with Crippen molar-refractivity contribution in [2.24, 2.45) is 5.92 Å². The number of carbonyl (C=O) groups excluding carboxylic acids is 10. The highest BCUT2D eigenvalue weighted by atomic mass is 16.6. The van der Waals surface area contributed by atoms with Gasteiger partial charge in [-0.2, -0.15) is 0 Å². The number of rotatable bonds is 14. The Bertz CT molecular complexity index is 5770. The fourth-order valence-corrected chi connectivity index (χ4v) is 14.3. The largest absolute Gasteiger partial charge is 0.426 e. The van der Waals surface area contributed by atoms with Crippen LogP contribution in [0, 0.1) is 19.8 Å². The van der Waals surface area contributed by atoms with E-state index in [1.165, 1.54) is 97.1 Å². The molecule has 0 aliphatic carbocycles. The average molecular weight is 1350 g/mol. The van der Waals surface area contributed by atoms with E-state index in [1.807, 2.05) is 117 Å². The number of anilines is 7. The maximum Gasteiger partial charge on any atom is 0.326 e. The number of nitrogens with zero attached hydrogens (tertiary/aromatic N) is 5. The van der Waals surface area contributed by atoms with E-state index in [1.54, 1.807) is 48.5 Å². The van der Waals surface area contributed by atoms with Gasteiger partial charge in [0.15, 0.2) is 5.92 Å². The minimum atomic E-state index is -1.62. The zero-order valence-corrected chi connectivity index (χ0v) is 54.7. The first kappa shape index (κ1) is 62.7. The highest BCUT2D eigenvalue weighted by molar-refractivity contribution is 6.44. The molecule has 103 heavy (non-hydrogen) atoms. The number of fused-ring (bicyclic) bond motifs is 2. The van der Waals surface area contributed by atoms with Gasteiger partial charge in [0.2, 0.25) is 0 Å². The number of aryl methyl sites for hydroxylation is 2. The Kier molecular flexibility index (Phi) is 14.8. The highest BCUT2D eigenvalue weighted by Gasteiger charge is 2.44. The van der Waals surface area contributed by atoms with Gasteiger partial charge in [0.05, 0.1) is 29.4 Å². The minimum absolute atomic E-state index is 0.0571. The molecule has 8 amide bonds. The van der Waals surface area contributed by atoms with Crippen LogP contribution >= 0.6 is 0 Å². The smallest absolute Gasteiger partial charge is 0.326 e. The van der Waals surface area contributed by atoms with Crippen LogP contribution in [-0.2, 0) is 22.6 Å². The van der Waals surface area contributed by atoms with E-state index < -0.39 is 65.1 Å². The minimum Gasteiger partial charge on any atom is -0.426 e. The van der Waals surface area contributed by atoms with Crippen molar-refractivity contribution in [2.45, 2.75) is 26.9 Å². The number of ether oxygens (including phenoxy) is 2. The first-order chi connectivity index (χ1) is 50.0. The third-order valence-corrected chi connectivity index (χ3v) is 19.5. The molecule has 4 heterocycles. The van der Waals surface area contributed by atoms with Gasteiger partial charge < -0.3 is 19.5 Å². The van der Waals surface area contributed by atoms with Gasteiger partial charge in [0, 0.05) is 83.1 Å². The number of hydrogen-bond donors (Lipinski definition) is 1. The predicted molar refractivity (Wildman–Crippen MR) is 388 cm³/mol. The number of aliphatic hydroxyl groups excluding tert-OH is 1. The molecule has 1 atom stereocenters. The van der Waals surface area contributed by atoms with Gasteiger partial charge in [-0.1, -0.05) is 90.0 Å². The second kappa shape index (κ2) is 24.3. The third-order valence-electron chi connectivity index (χ3n) is 19.5. The maximum absolute atomic E-state index is 14.7. The number of benzene rings is 13. The topological polar surface area (TPSA) is 226 Å². The van der Waals surface area contributed by atoms with Gasteiger partial charge in [-0.05, 0) is 223 Å². The fourth-order valence-electron chi connectivity index (χ4n) is 14.3. The molecule has 1 N–H and O–H groups in total. The van der Waals surface area contributed by atoms with Crippen LogP contribution in [0.25, 0.3) is 43.1 Å². The molecule has 0 fully saturated rings. The van der Waals surface area contributed by atoms with Crippen LogP contribution in [0.15, 0.2) is 249 Å². The van der Waals surface area contributed by atoms with Crippen LogP contribution in [0.1, 0.15) is 105 Å². The standard InChI is InChI=1S/C85H53N5O13/c1-46-7-16-54(17-8-46)86(55-18-9-47(2)10-19-55)56-20-11-48(12-21-56)41-71(84(100)102-61-29-25-58(26-30-61)88-78(94)65-35-33-63-72-64(34-36-66(73(65)72)79(88)95)77(93)87(76(63)92)57-22-13-49(45-91)14-23-57)85(101)103-62-31-27-59(28-32-62)89-80(96)67-37-39-69-75-70(40-38-68(74(67)75)81(89)97)83(99)90(82(69)98)60-24-15-52-42-50-5-3-4-6-51(50)43-53(52)44-60/h3-40,42-44,71,91H,41,45H2,1-2H3. The summed E-state index contributed by atoms with van der Waals surface area (Å²) in [6.07, 6.45) is -0.219. The first-order valence-corrected chi connectivity index (χ1v) is 33.0. The molecule has 17 rings (SSSR count). The lowest BCUT2D eigenvalue weighted by Gasteiger charge is -2.32. The number of hydrogen-bond acceptors (Lipinski definition) is 14. The van der Waals surface area contributed by atoms with Gasteiger partial charge in [0.25, 0.3) is 47.3 Å². The van der Waals surface area contributed by atoms with Crippen molar-refractivity contribution in [3.63, 3.8) is 0 Å². The Balaban J connectivity index is 0.635. The van der Waals surface area contributed by atoms with Crippen molar-refractivity contribution >= 4 is 142 Å². The second-order valence-electron chi connectivity index (χ2n) is 25.7. The number of carbonyl (C=O) groups is 10. The van der Waals surface area contributed by atoms with Crippen LogP contribution in [0.5, 0.6) is 11.5 Å². The van der Waals surface area contributed by atoms with Crippen LogP contribution in [0.2, 0.25) is 0 Å². The molecule has 0 saturated carbocycles. The van der Waals surface area contributed by atoms with Crippen molar-refractivity contribution in [2.75, 3.05) is 24.5 Å². The monoisotopic (exact) mass is 1350 g/mol. The molecule has 18 heteroatoms. The Labute approximate surface area is 586 Å². The number of amides is 8. The van der Waals surface area contributed by atoms with Crippen molar-refractivity contribution in [3.8, 4) is 11.5 Å². The predicted octanol–water partition coefficient (Wildman–Crippen LogP) is 15.5. The second-order valence-corrected chi connectivity index (χ2v) is 25.7. The van der Waals surface area contributed by atoms with Crippen LogP contribution in [-0.4, -0.2) is 64.3 Å². The average Bonchev–Trinajstić information content (AvgIpc) is 0.713. The van der Waals surface area contributed by atoms with Crippen LogP contribution < -0.4 is 34.0 Å². The van der Waals surface area contributed by atoms with Crippen molar-refractivity contribution in [1.29, 1.82) is 0 Å². The molecular formula is C85H53N5O13. The zero-order valence-electron chi connectivity index (χ0n) is 54.7. The summed E-state index contributed by atoms with van der Waals surface area (Å²) in [4.78, 5) is 151. The molecule has 13 aromatic carbocycles. The molecule has 18 nitrogen and oxygen atoms in total.